The third-order valence-electron chi connectivity index (χ3n) is 5.46. The summed E-state index contributed by atoms with van der Waals surface area (Å²) in [5.74, 6) is -0.0781. The van der Waals surface area contributed by atoms with Crippen LogP contribution in [0.15, 0.2) is 40.8 Å². The Hall–Kier alpha value is -2.19. The molecule has 2 atom stereocenters. The van der Waals surface area contributed by atoms with Crippen LogP contribution < -0.4 is 5.32 Å². The number of nitrogens with one attached hydrogen (secondary N) is 1. The molecule has 8 heteroatoms. The minimum absolute atomic E-state index is 0.0799. The van der Waals surface area contributed by atoms with E-state index in [0.29, 0.717) is 18.4 Å². The van der Waals surface area contributed by atoms with Crippen LogP contribution in [-0.2, 0) is 21.3 Å². The quantitative estimate of drug-likeness (QED) is 0.590. The molecule has 0 saturated carbocycles. The zero-order valence-corrected chi connectivity index (χ0v) is 19.0. The van der Waals surface area contributed by atoms with E-state index in [4.69, 9.17) is 4.42 Å². The number of rotatable bonds is 9. The van der Waals surface area contributed by atoms with Gasteiger partial charge >= 0.3 is 0 Å². The molecule has 1 saturated heterocycles. The normalized spacial score (nSPS) is 20.0. The van der Waals surface area contributed by atoms with Crippen LogP contribution in [0.1, 0.15) is 48.6 Å². The fourth-order valence-electron chi connectivity index (χ4n) is 4.26. The summed E-state index contributed by atoms with van der Waals surface area (Å²) in [5.41, 5.74) is 0.115. The molecule has 1 fully saturated rings. The van der Waals surface area contributed by atoms with Crippen molar-refractivity contribution in [2.24, 2.45) is 11.8 Å². The number of benzene rings is 1. The largest absolute Gasteiger partial charge is 0.455 e. The average molecular weight is 451 g/mol. The van der Waals surface area contributed by atoms with E-state index < -0.39 is 21.4 Å². The van der Waals surface area contributed by atoms with Crippen molar-refractivity contribution in [3.8, 4) is 0 Å². The molecule has 1 aliphatic heterocycles. The Morgan fingerprint density at radius 3 is 2.55 bits per heavy atom. The zero-order chi connectivity index (χ0) is 22.4. The number of carbonyl (C=O) groups is 1. The zero-order valence-electron chi connectivity index (χ0n) is 18.1. The number of carbonyl (C=O) groups excluding carboxylic acids is 1. The first kappa shape index (κ1) is 23.5. The van der Waals surface area contributed by atoms with Gasteiger partial charge in [0.15, 0.2) is 15.6 Å². The molecular formula is C23H31FN2O4S. The number of nitrogens with zero attached hydrogens (tertiary/aromatic N) is 1. The number of halogens is 1. The number of likely N-dealkylation sites (tertiary alicyclic amines) is 1. The molecule has 0 radical (unpaired) electrons. The van der Waals surface area contributed by atoms with E-state index >= 15 is 0 Å². The first-order valence-electron chi connectivity index (χ1n) is 10.7. The van der Waals surface area contributed by atoms with Crippen LogP contribution >= 0.6 is 0 Å². The van der Waals surface area contributed by atoms with E-state index in [2.05, 4.69) is 24.1 Å². The number of sulfone groups is 1. The van der Waals surface area contributed by atoms with Crippen LogP contribution in [0.2, 0.25) is 0 Å². The number of amides is 1. The van der Waals surface area contributed by atoms with Crippen LogP contribution in [0.5, 0.6) is 0 Å². The molecule has 1 aliphatic rings. The maximum atomic E-state index is 13.7. The summed E-state index contributed by atoms with van der Waals surface area (Å²) >= 11 is 0. The summed E-state index contributed by atoms with van der Waals surface area (Å²) in [6, 6.07) is 8.72. The average Bonchev–Trinajstić information content (AvgIpc) is 3.14. The van der Waals surface area contributed by atoms with Gasteiger partial charge in [0.05, 0.1) is 5.75 Å². The SMILES string of the molecule is C[C@@H]1C[C@@H](C)CN(CCCNC(=O)c2ccc(CS(=O)(=O)Cc3ccccc3F)o2)C1. The maximum absolute atomic E-state index is 13.7. The van der Waals surface area contributed by atoms with Gasteiger partial charge in [-0.25, -0.2) is 12.8 Å². The van der Waals surface area contributed by atoms with Crippen molar-refractivity contribution in [1.29, 1.82) is 0 Å². The lowest BCUT2D eigenvalue weighted by atomic mass is 9.92. The second-order valence-corrected chi connectivity index (χ2v) is 10.8. The van der Waals surface area contributed by atoms with Gasteiger partial charge in [-0.1, -0.05) is 32.0 Å². The van der Waals surface area contributed by atoms with Crippen molar-refractivity contribution in [2.45, 2.75) is 38.2 Å². The van der Waals surface area contributed by atoms with Gasteiger partial charge in [0.25, 0.3) is 5.91 Å². The molecule has 2 heterocycles. The molecule has 0 bridgehead atoms. The van der Waals surface area contributed by atoms with E-state index in [-0.39, 0.29) is 28.7 Å². The molecule has 3 rings (SSSR count). The Labute approximate surface area is 183 Å². The molecular weight excluding hydrogens is 419 g/mol. The summed E-state index contributed by atoms with van der Waals surface area (Å²) < 4.78 is 43.9. The van der Waals surface area contributed by atoms with Crippen molar-refractivity contribution >= 4 is 15.7 Å². The fraction of sp³-hybridized carbons (Fsp3) is 0.522. The highest BCUT2D eigenvalue weighted by molar-refractivity contribution is 7.89. The van der Waals surface area contributed by atoms with Crippen LogP contribution in [0.3, 0.4) is 0 Å². The van der Waals surface area contributed by atoms with Crippen molar-refractivity contribution in [2.75, 3.05) is 26.2 Å². The van der Waals surface area contributed by atoms with Crippen LogP contribution in [0, 0.1) is 17.7 Å². The van der Waals surface area contributed by atoms with E-state index in [9.17, 15) is 17.6 Å². The molecule has 1 N–H and O–H groups in total. The first-order valence-corrected chi connectivity index (χ1v) is 12.6. The van der Waals surface area contributed by atoms with Crippen molar-refractivity contribution in [3.05, 3.63) is 59.3 Å². The third kappa shape index (κ3) is 7.18. The van der Waals surface area contributed by atoms with Crippen molar-refractivity contribution in [3.63, 3.8) is 0 Å². The summed E-state index contributed by atoms with van der Waals surface area (Å²) in [5, 5.41) is 2.83. The predicted octanol–water partition coefficient (Wildman–Crippen LogP) is 3.63. The van der Waals surface area contributed by atoms with Gasteiger partial charge in [-0.15, -0.1) is 0 Å². The second-order valence-electron chi connectivity index (χ2n) is 8.70. The topological polar surface area (TPSA) is 79.6 Å². The molecule has 170 valence electrons. The third-order valence-corrected chi connectivity index (χ3v) is 6.94. The number of hydrogen-bond donors (Lipinski definition) is 1. The summed E-state index contributed by atoms with van der Waals surface area (Å²) in [6.07, 6.45) is 2.11. The number of piperidine rings is 1. The molecule has 0 spiro atoms. The van der Waals surface area contributed by atoms with Crippen LogP contribution in [-0.4, -0.2) is 45.4 Å². The lowest BCUT2D eigenvalue weighted by Crippen LogP contribution is -2.40. The number of hydrogen-bond acceptors (Lipinski definition) is 5. The van der Waals surface area contributed by atoms with Gasteiger partial charge in [0.1, 0.15) is 17.3 Å². The molecule has 31 heavy (non-hydrogen) atoms. The van der Waals surface area contributed by atoms with E-state index in [1.807, 2.05) is 0 Å². The Bertz CT molecular complexity index is 979. The molecule has 0 aliphatic carbocycles. The molecule has 1 aromatic carbocycles. The van der Waals surface area contributed by atoms with Gasteiger partial charge in [-0.05, 0) is 49.4 Å². The van der Waals surface area contributed by atoms with Gasteiger partial charge in [-0.2, -0.15) is 0 Å². The standard InChI is InChI=1S/C23H31FN2O4S/c1-17-12-18(2)14-26(13-17)11-5-10-25-23(27)22-9-8-20(30-22)16-31(28,29)15-19-6-3-4-7-21(19)24/h3-4,6-9,17-18H,5,10-16H2,1-2H3,(H,25,27)/t17-,18-/m1/s1. The second kappa shape index (κ2) is 10.4. The van der Waals surface area contributed by atoms with E-state index in [0.717, 1.165) is 26.1 Å². The van der Waals surface area contributed by atoms with Gasteiger partial charge in [0.2, 0.25) is 0 Å². The van der Waals surface area contributed by atoms with Gasteiger partial charge in [-0.3, -0.25) is 4.79 Å². The van der Waals surface area contributed by atoms with Crippen molar-refractivity contribution < 1.29 is 22.0 Å². The van der Waals surface area contributed by atoms with Crippen LogP contribution in [0.4, 0.5) is 4.39 Å². The molecule has 1 aromatic heterocycles. The van der Waals surface area contributed by atoms with Crippen molar-refractivity contribution in [1.82, 2.24) is 10.2 Å². The minimum Gasteiger partial charge on any atom is -0.455 e. The van der Waals surface area contributed by atoms with E-state index in [1.54, 1.807) is 6.07 Å². The summed E-state index contributed by atoms with van der Waals surface area (Å²) in [6.45, 7) is 8.21. The Balaban J connectivity index is 1.45. The predicted molar refractivity (Wildman–Crippen MR) is 118 cm³/mol. The monoisotopic (exact) mass is 450 g/mol. The minimum atomic E-state index is -3.64. The highest BCUT2D eigenvalue weighted by Crippen LogP contribution is 2.21. The molecule has 6 nitrogen and oxygen atoms in total. The van der Waals surface area contributed by atoms with Gasteiger partial charge in [0, 0.05) is 25.2 Å². The highest BCUT2D eigenvalue weighted by atomic mass is 32.2. The Kier molecular flexibility index (Phi) is 7.89. The summed E-state index contributed by atoms with van der Waals surface area (Å²) in [4.78, 5) is 14.7. The Morgan fingerprint density at radius 2 is 1.84 bits per heavy atom. The molecule has 1 amide bonds. The summed E-state index contributed by atoms with van der Waals surface area (Å²) in [7, 11) is -3.64. The highest BCUT2D eigenvalue weighted by Gasteiger charge is 2.22. The van der Waals surface area contributed by atoms with Crippen LogP contribution in [0.25, 0.3) is 0 Å². The molecule has 2 aromatic rings. The van der Waals surface area contributed by atoms with Gasteiger partial charge < -0.3 is 14.6 Å². The smallest absolute Gasteiger partial charge is 0.286 e. The first-order chi connectivity index (χ1) is 14.7. The fourth-order valence-corrected chi connectivity index (χ4v) is 5.66. The Morgan fingerprint density at radius 1 is 1.13 bits per heavy atom. The lowest BCUT2D eigenvalue weighted by molar-refractivity contribution is 0.0918. The number of furan rings is 1. The lowest BCUT2D eigenvalue weighted by Gasteiger charge is -2.34. The van der Waals surface area contributed by atoms with E-state index in [1.165, 1.54) is 36.8 Å². The maximum Gasteiger partial charge on any atom is 0.286 e. The molecule has 0 unspecified atom stereocenters.